The minimum atomic E-state index is -1.28. The first kappa shape index (κ1) is 28.3. The van der Waals surface area contributed by atoms with Gasteiger partial charge in [0.25, 0.3) is 11.8 Å². The van der Waals surface area contributed by atoms with Crippen LogP contribution in [0.4, 0.5) is 0 Å². The van der Waals surface area contributed by atoms with Gasteiger partial charge in [-0.2, -0.15) is 0 Å². The number of amides is 3. The van der Waals surface area contributed by atoms with Gasteiger partial charge >= 0.3 is 0 Å². The number of carbonyl (C=O) groups is 3. The Kier molecular flexibility index (Phi) is 12.0. The van der Waals surface area contributed by atoms with Crippen molar-refractivity contribution < 1.29 is 24.7 Å². The van der Waals surface area contributed by atoms with E-state index in [1.807, 2.05) is 24.3 Å². The van der Waals surface area contributed by atoms with E-state index in [0.717, 1.165) is 11.1 Å². The van der Waals surface area contributed by atoms with Crippen molar-refractivity contribution >= 4 is 17.7 Å². The Hall–Kier alpha value is -3.71. The Bertz CT molecular complexity index is 1010. The van der Waals surface area contributed by atoms with Crippen LogP contribution in [0.25, 0.3) is 0 Å². The van der Waals surface area contributed by atoms with Crippen LogP contribution in [0.2, 0.25) is 0 Å². The smallest absolute Gasteiger partial charge is 0.268 e. The molecule has 34 heavy (non-hydrogen) atoms. The Morgan fingerprint density at radius 3 is 2.00 bits per heavy atom. The third-order valence-electron chi connectivity index (χ3n) is 4.62. The van der Waals surface area contributed by atoms with E-state index >= 15 is 0 Å². The number of hydroxylamine groups is 1. The molecule has 0 aliphatic heterocycles. The Morgan fingerprint density at radius 2 is 1.50 bits per heavy atom. The molecule has 2 aromatic carbocycles. The molecule has 0 heterocycles. The van der Waals surface area contributed by atoms with Gasteiger partial charge < -0.3 is 21.1 Å². The lowest BCUT2D eigenvalue weighted by atomic mass is 10.1. The van der Waals surface area contributed by atoms with Crippen LogP contribution in [0.1, 0.15) is 48.3 Å². The molecule has 0 fully saturated rings. The van der Waals surface area contributed by atoms with Crippen molar-refractivity contribution in [1.82, 2.24) is 21.4 Å². The molecule has 0 bridgehead atoms. The quantitative estimate of drug-likeness (QED) is 0.140. The van der Waals surface area contributed by atoms with E-state index in [1.54, 1.807) is 24.3 Å². The second-order valence-electron chi connectivity index (χ2n) is 7.35. The minimum absolute atomic E-state index is 0. The topological polar surface area (TPSA) is 140 Å². The number of nitrogens with one attached hydrogen (secondary N) is 4. The van der Waals surface area contributed by atoms with E-state index in [-0.39, 0.29) is 18.9 Å². The van der Waals surface area contributed by atoms with Gasteiger partial charge in [0.2, 0.25) is 5.91 Å². The van der Waals surface area contributed by atoms with Gasteiger partial charge in [-0.3, -0.25) is 19.6 Å². The lowest BCUT2D eigenvalue weighted by Gasteiger charge is -2.19. The summed E-state index contributed by atoms with van der Waals surface area (Å²) in [6.07, 6.45) is -1.18. The molecular weight excluding hydrogens is 436 g/mol. The molecule has 0 unspecified atom stereocenters. The molecule has 0 saturated heterocycles. The van der Waals surface area contributed by atoms with Crippen molar-refractivity contribution in [2.24, 2.45) is 0 Å². The maximum absolute atomic E-state index is 12.3. The highest BCUT2D eigenvalue weighted by molar-refractivity contribution is 5.97. The van der Waals surface area contributed by atoms with Crippen LogP contribution in [-0.4, -0.2) is 53.3 Å². The fourth-order valence-corrected chi connectivity index (χ4v) is 2.81. The normalized spacial score (nSPS) is 11.6. The molecule has 0 radical (unpaired) electrons. The first-order valence-electron chi connectivity index (χ1n) is 10.4. The van der Waals surface area contributed by atoms with Crippen LogP contribution in [-0.2, 0) is 16.1 Å². The van der Waals surface area contributed by atoms with E-state index in [2.05, 4.69) is 27.8 Å². The summed E-state index contributed by atoms with van der Waals surface area (Å²) in [5.41, 5.74) is 4.35. The fraction of sp³-hybridized carbons (Fsp3) is 0.320. The molecule has 0 spiro atoms. The SMILES string of the molecule is C.CC(=O)NCCNCc1ccc(C#Cc2ccc(C(=O)N[C@H](C(=O)NO)[C@@H](C)O)cc2)cc1. The molecule has 0 saturated carbocycles. The van der Waals surface area contributed by atoms with Gasteiger partial charge in [-0.1, -0.05) is 31.4 Å². The first-order valence-corrected chi connectivity index (χ1v) is 10.4. The largest absolute Gasteiger partial charge is 0.391 e. The third-order valence-corrected chi connectivity index (χ3v) is 4.62. The van der Waals surface area contributed by atoms with Crippen molar-refractivity contribution in [1.29, 1.82) is 0 Å². The Balaban J connectivity index is 0.00000578. The molecule has 3 amide bonds. The van der Waals surface area contributed by atoms with Crippen LogP contribution < -0.4 is 21.4 Å². The summed E-state index contributed by atoms with van der Waals surface area (Å²) in [6, 6.07) is 13.0. The van der Waals surface area contributed by atoms with E-state index in [0.29, 0.717) is 25.2 Å². The van der Waals surface area contributed by atoms with Crippen molar-refractivity contribution in [3.8, 4) is 11.8 Å². The van der Waals surface area contributed by atoms with Crippen molar-refractivity contribution in [2.45, 2.75) is 40.0 Å². The van der Waals surface area contributed by atoms with E-state index in [9.17, 15) is 19.5 Å². The second-order valence-corrected chi connectivity index (χ2v) is 7.35. The number of benzene rings is 2. The summed E-state index contributed by atoms with van der Waals surface area (Å²) in [5, 5.41) is 26.7. The van der Waals surface area contributed by atoms with Gasteiger partial charge in [0.1, 0.15) is 6.04 Å². The number of hydrogen-bond acceptors (Lipinski definition) is 6. The highest BCUT2D eigenvalue weighted by atomic mass is 16.5. The molecule has 0 aromatic heterocycles. The summed E-state index contributed by atoms with van der Waals surface area (Å²) in [5.74, 6) is 4.57. The zero-order valence-electron chi connectivity index (χ0n) is 18.5. The predicted molar refractivity (Wildman–Crippen MR) is 129 cm³/mol. The highest BCUT2D eigenvalue weighted by Crippen LogP contribution is 2.07. The number of rotatable bonds is 9. The zero-order valence-corrected chi connectivity index (χ0v) is 18.5. The van der Waals surface area contributed by atoms with Gasteiger partial charge in [0.15, 0.2) is 0 Å². The Morgan fingerprint density at radius 1 is 0.941 bits per heavy atom. The summed E-state index contributed by atoms with van der Waals surface area (Å²) in [4.78, 5) is 34.7. The minimum Gasteiger partial charge on any atom is -0.391 e. The van der Waals surface area contributed by atoms with Crippen LogP contribution in [0.15, 0.2) is 48.5 Å². The molecule has 9 heteroatoms. The number of aliphatic hydroxyl groups excluding tert-OH is 1. The molecule has 9 nitrogen and oxygen atoms in total. The number of carbonyl (C=O) groups excluding carboxylic acids is 3. The lowest BCUT2D eigenvalue weighted by molar-refractivity contribution is -0.133. The van der Waals surface area contributed by atoms with Gasteiger partial charge in [-0.25, -0.2) is 5.48 Å². The maximum atomic E-state index is 12.3. The van der Waals surface area contributed by atoms with Crippen LogP contribution >= 0.6 is 0 Å². The van der Waals surface area contributed by atoms with E-state index < -0.39 is 24.0 Å². The molecule has 2 atom stereocenters. The van der Waals surface area contributed by atoms with Crippen molar-refractivity contribution in [3.05, 3.63) is 70.8 Å². The van der Waals surface area contributed by atoms with Gasteiger partial charge in [0, 0.05) is 43.2 Å². The molecule has 0 aliphatic carbocycles. The molecule has 0 aliphatic rings. The maximum Gasteiger partial charge on any atom is 0.268 e. The summed E-state index contributed by atoms with van der Waals surface area (Å²) < 4.78 is 0. The van der Waals surface area contributed by atoms with E-state index in [4.69, 9.17) is 5.21 Å². The third kappa shape index (κ3) is 9.42. The molecule has 182 valence electrons. The summed E-state index contributed by atoms with van der Waals surface area (Å²) >= 11 is 0. The Labute approximate surface area is 199 Å². The van der Waals surface area contributed by atoms with Crippen molar-refractivity contribution in [3.63, 3.8) is 0 Å². The molecule has 6 N–H and O–H groups in total. The van der Waals surface area contributed by atoms with Crippen LogP contribution in [0.3, 0.4) is 0 Å². The lowest BCUT2D eigenvalue weighted by Crippen LogP contribution is -2.51. The van der Waals surface area contributed by atoms with Gasteiger partial charge in [-0.05, 0) is 48.9 Å². The average Bonchev–Trinajstić information content (AvgIpc) is 2.81. The molecule has 2 rings (SSSR count). The van der Waals surface area contributed by atoms with Crippen molar-refractivity contribution in [2.75, 3.05) is 13.1 Å². The molecular formula is C25H32N4O5. The van der Waals surface area contributed by atoms with Crippen LogP contribution in [0, 0.1) is 11.8 Å². The predicted octanol–water partition coefficient (Wildman–Crippen LogP) is 0.933. The standard InChI is InChI=1S/C24H28N4O5.CH4/c1-16(29)22(24(32)28-33)27-23(31)21-11-9-19(10-12-21)4-3-18-5-7-20(8-6-18)15-25-13-14-26-17(2)30;/h5-12,16,22,25,29,33H,13-15H2,1-2H3,(H,26,30)(H,27,31)(H,28,32);1H4/t16-,22+;/m1./s1. The summed E-state index contributed by atoms with van der Waals surface area (Å²) in [7, 11) is 0. The number of hydrogen-bond donors (Lipinski definition) is 6. The van der Waals surface area contributed by atoms with Crippen LogP contribution in [0.5, 0.6) is 0 Å². The highest BCUT2D eigenvalue weighted by Gasteiger charge is 2.25. The molecule has 2 aromatic rings. The van der Waals surface area contributed by atoms with Gasteiger partial charge in [-0.15, -0.1) is 0 Å². The average molecular weight is 469 g/mol. The zero-order chi connectivity index (χ0) is 24.2. The fourth-order valence-electron chi connectivity index (χ4n) is 2.81. The first-order chi connectivity index (χ1) is 15.8. The second kappa shape index (κ2) is 14.4. The van der Waals surface area contributed by atoms with Gasteiger partial charge in [0.05, 0.1) is 6.10 Å². The number of aliphatic hydroxyl groups is 1. The van der Waals surface area contributed by atoms with E-state index in [1.165, 1.54) is 19.3 Å². The monoisotopic (exact) mass is 468 g/mol. The summed E-state index contributed by atoms with van der Waals surface area (Å²) in [6.45, 7) is 4.77.